The minimum atomic E-state index is -1.73. The third kappa shape index (κ3) is 2.12. The fourth-order valence-electron chi connectivity index (χ4n) is 2.53. The van der Waals surface area contributed by atoms with Gasteiger partial charge in [0.1, 0.15) is 5.75 Å². The van der Waals surface area contributed by atoms with Gasteiger partial charge in [-0.2, -0.15) is 0 Å². The first-order chi connectivity index (χ1) is 10.6. The summed E-state index contributed by atoms with van der Waals surface area (Å²) in [7, 11) is 1.55. The molecule has 1 atom stereocenters. The molecule has 0 spiro atoms. The number of rotatable bonds is 3. The van der Waals surface area contributed by atoms with E-state index in [0.717, 1.165) is 11.0 Å². The van der Waals surface area contributed by atoms with E-state index < -0.39 is 17.4 Å². The lowest BCUT2D eigenvalue weighted by Crippen LogP contribution is -2.44. The Bertz CT molecular complexity index is 724. The minimum Gasteiger partial charge on any atom is -0.503 e. The number of anilines is 1. The number of hydrogen-bond acceptors (Lipinski definition) is 4. The largest absolute Gasteiger partial charge is 0.503 e. The number of aliphatic hydroxyl groups is 2. The second kappa shape index (κ2) is 5.20. The van der Waals surface area contributed by atoms with Crippen LogP contribution in [0.2, 0.25) is 0 Å². The molecule has 2 aromatic carbocycles. The first-order valence-corrected chi connectivity index (χ1v) is 6.74. The number of aliphatic hydroxyl groups excluding tert-OH is 1. The van der Waals surface area contributed by atoms with Gasteiger partial charge in [-0.3, -0.25) is 9.69 Å². The highest BCUT2D eigenvalue weighted by Crippen LogP contribution is 2.38. The topological polar surface area (TPSA) is 70.0 Å². The van der Waals surface area contributed by atoms with Crippen LogP contribution >= 0.6 is 0 Å². The number of methoxy groups -OCH3 is 1. The van der Waals surface area contributed by atoms with Gasteiger partial charge >= 0.3 is 0 Å². The fourth-order valence-corrected chi connectivity index (χ4v) is 2.53. The lowest BCUT2D eigenvalue weighted by Gasteiger charge is -2.33. The fraction of sp³-hybridized carbons (Fsp3) is 0.118. The molecule has 5 heteroatoms. The molecule has 0 radical (unpaired) electrons. The normalized spacial score (nSPS) is 20.9. The molecule has 0 aliphatic carbocycles. The molecule has 1 unspecified atom stereocenters. The van der Waals surface area contributed by atoms with E-state index in [4.69, 9.17) is 4.74 Å². The number of amides is 1. The average Bonchev–Trinajstić information content (AvgIpc) is 2.79. The van der Waals surface area contributed by atoms with Crippen molar-refractivity contribution in [2.24, 2.45) is 0 Å². The zero-order valence-corrected chi connectivity index (χ0v) is 11.9. The van der Waals surface area contributed by atoms with Crippen molar-refractivity contribution in [2.75, 3.05) is 12.0 Å². The van der Waals surface area contributed by atoms with Gasteiger partial charge in [0.2, 0.25) is 0 Å². The van der Waals surface area contributed by atoms with Crippen molar-refractivity contribution < 1.29 is 19.7 Å². The van der Waals surface area contributed by atoms with Crippen LogP contribution in [-0.4, -0.2) is 23.2 Å². The number of carbonyl (C=O) groups is 1. The van der Waals surface area contributed by atoms with Gasteiger partial charge in [0.15, 0.2) is 11.5 Å². The van der Waals surface area contributed by atoms with Crippen molar-refractivity contribution in [3.8, 4) is 5.75 Å². The highest BCUT2D eigenvalue weighted by atomic mass is 16.5. The molecule has 0 fully saturated rings. The molecule has 2 aromatic rings. The summed E-state index contributed by atoms with van der Waals surface area (Å²) >= 11 is 0. The van der Waals surface area contributed by atoms with Crippen molar-refractivity contribution in [1.29, 1.82) is 0 Å². The maximum Gasteiger partial charge on any atom is 0.295 e. The van der Waals surface area contributed by atoms with Gasteiger partial charge in [-0.1, -0.05) is 30.3 Å². The summed E-state index contributed by atoms with van der Waals surface area (Å²) in [5.41, 5.74) is -0.780. The van der Waals surface area contributed by atoms with Crippen LogP contribution < -0.4 is 9.64 Å². The monoisotopic (exact) mass is 297 g/mol. The SMILES string of the molecule is COc1ccc(N2C(=O)C(O)=CC2(O)c2ccccc2)cc1. The summed E-state index contributed by atoms with van der Waals surface area (Å²) in [5, 5.41) is 20.8. The molecule has 1 amide bonds. The highest BCUT2D eigenvalue weighted by Gasteiger charge is 2.46. The van der Waals surface area contributed by atoms with Crippen molar-refractivity contribution in [2.45, 2.75) is 5.72 Å². The summed E-state index contributed by atoms with van der Waals surface area (Å²) in [4.78, 5) is 13.4. The number of hydrogen-bond donors (Lipinski definition) is 2. The molecule has 0 saturated heterocycles. The van der Waals surface area contributed by atoms with Crippen LogP contribution in [0.4, 0.5) is 5.69 Å². The van der Waals surface area contributed by atoms with E-state index in [1.807, 2.05) is 6.07 Å². The van der Waals surface area contributed by atoms with E-state index in [1.165, 1.54) is 0 Å². The van der Waals surface area contributed by atoms with E-state index in [2.05, 4.69) is 0 Å². The Morgan fingerprint density at radius 3 is 2.27 bits per heavy atom. The second-order valence-electron chi connectivity index (χ2n) is 4.96. The van der Waals surface area contributed by atoms with Gasteiger partial charge < -0.3 is 14.9 Å². The van der Waals surface area contributed by atoms with Crippen molar-refractivity contribution in [3.63, 3.8) is 0 Å². The number of ether oxygens (including phenoxy) is 1. The molecule has 0 aromatic heterocycles. The third-order valence-corrected chi connectivity index (χ3v) is 3.63. The van der Waals surface area contributed by atoms with E-state index in [-0.39, 0.29) is 0 Å². The third-order valence-electron chi connectivity index (χ3n) is 3.63. The van der Waals surface area contributed by atoms with Crippen molar-refractivity contribution in [3.05, 3.63) is 72.0 Å². The van der Waals surface area contributed by atoms with Gasteiger partial charge in [-0.15, -0.1) is 0 Å². The van der Waals surface area contributed by atoms with Crippen LogP contribution in [0.1, 0.15) is 5.56 Å². The van der Waals surface area contributed by atoms with Gasteiger partial charge in [0.05, 0.1) is 7.11 Å². The molecular weight excluding hydrogens is 282 g/mol. The van der Waals surface area contributed by atoms with Crippen LogP contribution in [0.3, 0.4) is 0 Å². The van der Waals surface area contributed by atoms with Gasteiger partial charge in [-0.05, 0) is 24.3 Å². The smallest absolute Gasteiger partial charge is 0.295 e. The van der Waals surface area contributed by atoms with Gasteiger partial charge in [-0.25, -0.2) is 0 Å². The highest BCUT2D eigenvalue weighted by molar-refractivity contribution is 6.08. The summed E-state index contributed by atoms with van der Waals surface area (Å²) < 4.78 is 5.09. The Hall–Kier alpha value is -2.79. The summed E-state index contributed by atoms with van der Waals surface area (Å²) in [6.07, 6.45) is 1.15. The standard InChI is InChI=1S/C17H15NO4/c1-22-14-9-7-13(8-10-14)18-16(20)15(19)11-17(18,21)12-5-3-2-4-6-12/h2-11,19,21H,1H3. The summed E-state index contributed by atoms with van der Waals surface area (Å²) in [5.74, 6) is -0.505. The van der Waals surface area contributed by atoms with Gasteiger partial charge in [0, 0.05) is 17.3 Å². The zero-order valence-electron chi connectivity index (χ0n) is 11.9. The van der Waals surface area contributed by atoms with Crippen LogP contribution in [0.25, 0.3) is 0 Å². The zero-order chi connectivity index (χ0) is 15.7. The lowest BCUT2D eigenvalue weighted by atomic mass is 10.0. The molecule has 0 bridgehead atoms. The van der Waals surface area contributed by atoms with E-state index in [0.29, 0.717) is 17.0 Å². The van der Waals surface area contributed by atoms with Crippen LogP contribution in [0, 0.1) is 0 Å². The molecule has 3 rings (SSSR count). The van der Waals surface area contributed by atoms with Crippen LogP contribution in [0.5, 0.6) is 5.75 Å². The molecule has 5 nitrogen and oxygen atoms in total. The number of carbonyl (C=O) groups excluding carboxylic acids is 1. The van der Waals surface area contributed by atoms with Crippen molar-refractivity contribution >= 4 is 11.6 Å². The summed E-state index contributed by atoms with van der Waals surface area (Å²) in [6, 6.07) is 15.4. The Morgan fingerprint density at radius 2 is 1.68 bits per heavy atom. The molecular formula is C17H15NO4. The average molecular weight is 297 g/mol. The predicted octanol–water partition coefficient (Wildman–Crippen LogP) is 2.33. The summed E-state index contributed by atoms with van der Waals surface area (Å²) in [6.45, 7) is 0. The predicted molar refractivity (Wildman–Crippen MR) is 81.5 cm³/mol. The maximum absolute atomic E-state index is 12.3. The minimum absolute atomic E-state index is 0.456. The van der Waals surface area contributed by atoms with E-state index in [9.17, 15) is 15.0 Å². The number of benzene rings is 2. The molecule has 22 heavy (non-hydrogen) atoms. The molecule has 1 heterocycles. The maximum atomic E-state index is 12.3. The first-order valence-electron chi connectivity index (χ1n) is 6.74. The molecule has 0 saturated carbocycles. The molecule has 2 N–H and O–H groups in total. The quantitative estimate of drug-likeness (QED) is 0.912. The Labute approximate surface area is 127 Å². The van der Waals surface area contributed by atoms with Crippen molar-refractivity contribution in [1.82, 2.24) is 0 Å². The molecule has 112 valence electrons. The second-order valence-corrected chi connectivity index (χ2v) is 4.96. The van der Waals surface area contributed by atoms with Crippen LogP contribution in [-0.2, 0) is 10.5 Å². The Morgan fingerprint density at radius 1 is 1.05 bits per heavy atom. The van der Waals surface area contributed by atoms with Gasteiger partial charge in [0.25, 0.3) is 5.91 Å². The first kappa shape index (κ1) is 14.2. The van der Waals surface area contributed by atoms with E-state index in [1.54, 1.807) is 55.6 Å². The molecule has 1 aliphatic rings. The Balaban J connectivity index is 2.09. The van der Waals surface area contributed by atoms with E-state index >= 15 is 0 Å². The number of nitrogens with zero attached hydrogens (tertiary/aromatic N) is 1. The molecule has 1 aliphatic heterocycles. The lowest BCUT2D eigenvalue weighted by molar-refractivity contribution is -0.119. The Kier molecular flexibility index (Phi) is 3.35. The van der Waals surface area contributed by atoms with Crippen LogP contribution in [0.15, 0.2) is 66.4 Å².